The van der Waals surface area contributed by atoms with Gasteiger partial charge in [-0.1, -0.05) is 20.3 Å². The molecule has 1 aromatic heterocycles. The first-order chi connectivity index (χ1) is 9.52. The molecular weight excluding hydrogens is 272 g/mol. The molecule has 1 aliphatic rings. The summed E-state index contributed by atoms with van der Waals surface area (Å²) in [5, 5.41) is 4.12. The first-order valence-electron chi connectivity index (χ1n) is 7.24. The van der Waals surface area contributed by atoms with Gasteiger partial charge in [0, 0.05) is 6.54 Å². The van der Waals surface area contributed by atoms with E-state index in [2.05, 4.69) is 18.4 Å². The van der Waals surface area contributed by atoms with Gasteiger partial charge >= 0.3 is 0 Å². The molecule has 0 aliphatic carbocycles. The van der Waals surface area contributed by atoms with E-state index in [4.69, 9.17) is 10.5 Å². The lowest BCUT2D eigenvalue weighted by molar-refractivity contribution is -0.147. The van der Waals surface area contributed by atoms with Crippen LogP contribution in [0, 0.1) is 5.92 Å². The molecule has 1 fully saturated rings. The molecule has 1 aromatic rings. The zero-order valence-electron chi connectivity index (χ0n) is 12.4. The molecule has 0 bridgehead atoms. The highest BCUT2D eigenvalue weighted by Crippen LogP contribution is 2.27. The maximum absolute atomic E-state index is 12.5. The van der Waals surface area contributed by atoms with Crippen molar-refractivity contribution in [2.24, 2.45) is 11.7 Å². The van der Waals surface area contributed by atoms with Crippen LogP contribution >= 0.6 is 11.3 Å². The predicted octanol–water partition coefficient (Wildman–Crippen LogP) is 2.41. The van der Waals surface area contributed by atoms with Gasteiger partial charge in [0.2, 0.25) is 5.91 Å². The number of morpholine rings is 1. The summed E-state index contributed by atoms with van der Waals surface area (Å²) >= 11 is 1.65. The van der Waals surface area contributed by atoms with E-state index in [-0.39, 0.29) is 24.0 Å². The summed E-state index contributed by atoms with van der Waals surface area (Å²) in [6.45, 7) is 7.33. The molecule has 2 N–H and O–H groups in total. The van der Waals surface area contributed by atoms with Crippen LogP contribution in [0.4, 0.5) is 0 Å². The van der Waals surface area contributed by atoms with Gasteiger partial charge in [0.1, 0.15) is 6.10 Å². The predicted molar refractivity (Wildman–Crippen MR) is 81.6 cm³/mol. The number of hydrogen-bond acceptors (Lipinski definition) is 4. The third kappa shape index (κ3) is 3.40. The second-order valence-electron chi connectivity index (χ2n) is 5.65. The Labute approximate surface area is 124 Å². The van der Waals surface area contributed by atoms with Crippen LogP contribution in [0.2, 0.25) is 0 Å². The highest BCUT2D eigenvalue weighted by atomic mass is 32.1. The third-order valence-electron chi connectivity index (χ3n) is 4.03. The summed E-state index contributed by atoms with van der Waals surface area (Å²) in [4.78, 5) is 14.4. The number of nitrogens with two attached hydrogens (primary N) is 1. The molecule has 0 aromatic carbocycles. The zero-order chi connectivity index (χ0) is 14.7. The van der Waals surface area contributed by atoms with Gasteiger partial charge in [-0.25, -0.2) is 0 Å². The molecule has 5 heteroatoms. The Morgan fingerprint density at radius 1 is 1.60 bits per heavy atom. The summed E-state index contributed by atoms with van der Waals surface area (Å²) in [5.74, 6) is 0.259. The molecule has 4 atom stereocenters. The molecule has 1 amide bonds. The van der Waals surface area contributed by atoms with Crippen molar-refractivity contribution >= 4 is 17.2 Å². The number of nitrogens with zero attached hydrogens (tertiary/aromatic N) is 1. The van der Waals surface area contributed by atoms with E-state index in [9.17, 15) is 4.79 Å². The normalized spacial score (nSPS) is 26.3. The Bertz CT molecular complexity index is 435. The lowest BCUT2D eigenvalue weighted by Crippen LogP contribution is -2.53. The molecule has 2 heterocycles. The van der Waals surface area contributed by atoms with Crippen molar-refractivity contribution in [3.05, 3.63) is 22.4 Å². The van der Waals surface area contributed by atoms with E-state index < -0.39 is 6.04 Å². The second kappa shape index (κ2) is 6.70. The SMILES string of the molecule is CCC(C)C(N)C(=O)N1CC(C)OC(c2ccsc2)C1. The van der Waals surface area contributed by atoms with Crippen molar-refractivity contribution in [3.63, 3.8) is 0 Å². The van der Waals surface area contributed by atoms with Crippen molar-refractivity contribution in [2.75, 3.05) is 13.1 Å². The quantitative estimate of drug-likeness (QED) is 0.928. The number of thiophene rings is 1. The van der Waals surface area contributed by atoms with Crippen molar-refractivity contribution in [2.45, 2.75) is 45.4 Å². The van der Waals surface area contributed by atoms with Gasteiger partial charge in [0.05, 0.1) is 18.7 Å². The number of hydrogen-bond donors (Lipinski definition) is 1. The fourth-order valence-electron chi connectivity index (χ4n) is 2.48. The Balaban J connectivity index is 2.06. The van der Waals surface area contributed by atoms with E-state index in [0.29, 0.717) is 13.1 Å². The highest BCUT2D eigenvalue weighted by Gasteiger charge is 2.33. The number of carbonyl (C=O) groups is 1. The van der Waals surface area contributed by atoms with Crippen LogP contribution in [0.5, 0.6) is 0 Å². The lowest BCUT2D eigenvalue weighted by atomic mass is 9.98. The monoisotopic (exact) mass is 296 g/mol. The number of rotatable bonds is 4. The van der Waals surface area contributed by atoms with Crippen molar-refractivity contribution in [3.8, 4) is 0 Å². The maximum atomic E-state index is 12.5. The fraction of sp³-hybridized carbons (Fsp3) is 0.667. The van der Waals surface area contributed by atoms with Gasteiger partial charge in [0.15, 0.2) is 0 Å². The molecule has 112 valence electrons. The van der Waals surface area contributed by atoms with Crippen LogP contribution in [0.15, 0.2) is 16.8 Å². The first-order valence-corrected chi connectivity index (χ1v) is 8.19. The molecule has 2 rings (SSSR count). The van der Waals surface area contributed by atoms with E-state index in [1.54, 1.807) is 11.3 Å². The molecule has 4 unspecified atom stereocenters. The van der Waals surface area contributed by atoms with E-state index in [1.165, 1.54) is 0 Å². The second-order valence-corrected chi connectivity index (χ2v) is 6.43. The Hall–Kier alpha value is -0.910. The number of ether oxygens (including phenoxy) is 1. The molecular formula is C15H24N2O2S. The van der Waals surface area contributed by atoms with Crippen molar-refractivity contribution in [1.29, 1.82) is 0 Å². The Kier molecular flexibility index (Phi) is 5.18. The van der Waals surface area contributed by atoms with E-state index >= 15 is 0 Å². The Morgan fingerprint density at radius 3 is 2.95 bits per heavy atom. The average molecular weight is 296 g/mol. The van der Waals surface area contributed by atoms with E-state index in [1.807, 2.05) is 24.1 Å². The van der Waals surface area contributed by atoms with Crippen LogP contribution in [0.25, 0.3) is 0 Å². The van der Waals surface area contributed by atoms with Crippen molar-refractivity contribution < 1.29 is 9.53 Å². The van der Waals surface area contributed by atoms with Crippen LogP contribution in [-0.4, -0.2) is 36.0 Å². The summed E-state index contributed by atoms with van der Waals surface area (Å²) in [6, 6.07) is 1.65. The van der Waals surface area contributed by atoms with Crippen LogP contribution < -0.4 is 5.73 Å². The zero-order valence-corrected chi connectivity index (χ0v) is 13.2. The van der Waals surface area contributed by atoms with Gasteiger partial charge in [-0.05, 0) is 35.2 Å². The van der Waals surface area contributed by atoms with Gasteiger partial charge < -0.3 is 15.4 Å². The molecule has 0 saturated carbocycles. The molecule has 0 radical (unpaired) electrons. The number of carbonyl (C=O) groups excluding carboxylic acids is 1. The first kappa shape index (κ1) is 15.5. The van der Waals surface area contributed by atoms with Crippen LogP contribution in [-0.2, 0) is 9.53 Å². The molecule has 0 spiro atoms. The smallest absolute Gasteiger partial charge is 0.239 e. The van der Waals surface area contributed by atoms with Crippen molar-refractivity contribution in [1.82, 2.24) is 4.90 Å². The minimum absolute atomic E-state index is 0.0296. The lowest BCUT2D eigenvalue weighted by Gasteiger charge is -2.38. The molecule has 20 heavy (non-hydrogen) atoms. The minimum Gasteiger partial charge on any atom is -0.367 e. The molecule has 1 saturated heterocycles. The summed E-state index contributed by atoms with van der Waals surface area (Å²) in [5.41, 5.74) is 7.23. The summed E-state index contributed by atoms with van der Waals surface area (Å²) in [7, 11) is 0. The molecule has 1 aliphatic heterocycles. The maximum Gasteiger partial charge on any atom is 0.239 e. The van der Waals surface area contributed by atoms with Gasteiger partial charge in [-0.2, -0.15) is 11.3 Å². The number of amides is 1. The molecule has 4 nitrogen and oxygen atoms in total. The van der Waals surface area contributed by atoms with Gasteiger partial charge in [-0.15, -0.1) is 0 Å². The highest BCUT2D eigenvalue weighted by molar-refractivity contribution is 7.07. The minimum atomic E-state index is -0.409. The van der Waals surface area contributed by atoms with Gasteiger partial charge in [-0.3, -0.25) is 4.79 Å². The fourth-order valence-corrected chi connectivity index (χ4v) is 3.18. The van der Waals surface area contributed by atoms with Crippen LogP contribution in [0.3, 0.4) is 0 Å². The van der Waals surface area contributed by atoms with Gasteiger partial charge in [0.25, 0.3) is 0 Å². The van der Waals surface area contributed by atoms with E-state index in [0.717, 1.165) is 12.0 Å². The topological polar surface area (TPSA) is 55.6 Å². The Morgan fingerprint density at radius 2 is 2.35 bits per heavy atom. The average Bonchev–Trinajstić information content (AvgIpc) is 2.98. The third-order valence-corrected chi connectivity index (χ3v) is 4.73. The summed E-state index contributed by atoms with van der Waals surface area (Å²) < 4.78 is 5.95. The van der Waals surface area contributed by atoms with Crippen LogP contribution in [0.1, 0.15) is 38.9 Å². The standard InChI is InChI=1S/C15H24N2O2S/c1-4-10(2)14(16)15(18)17-7-11(3)19-13(8-17)12-5-6-20-9-12/h5-6,9-11,13-14H,4,7-8,16H2,1-3H3. The summed E-state index contributed by atoms with van der Waals surface area (Å²) in [6.07, 6.45) is 0.931. The largest absolute Gasteiger partial charge is 0.367 e.